The Labute approximate surface area is 147 Å². The van der Waals surface area contributed by atoms with Crippen LogP contribution >= 0.6 is 7.82 Å². The molecule has 1 radical (unpaired) electrons. The molecule has 0 aliphatic carbocycles. The van der Waals surface area contributed by atoms with Crippen LogP contribution in [0.25, 0.3) is 0 Å². The summed E-state index contributed by atoms with van der Waals surface area (Å²) >= 11 is 0. The molecule has 0 atom stereocenters. The van der Waals surface area contributed by atoms with Crippen molar-refractivity contribution in [3.8, 4) is 0 Å². The molecule has 0 bridgehead atoms. The Morgan fingerprint density at radius 1 is 1.10 bits per heavy atom. The fourth-order valence-electron chi connectivity index (χ4n) is 0. The molecule has 10 heteroatoms. The zero-order valence-electron chi connectivity index (χ0n) is 2.93. The molecule has 0 amide bonds. The molecule has 61 valence electrons. The Morgan fingerprint density at radius 3 is 1.10 bits per heavy atom. The van der Waals surface area contributed by atoms with Gasteiger partial charge in [-0.2, -0.15) is 0 Å². The first-order valence-corrected chi connectivity index (χ1v) is 2.35. The minimum Gasteiger partial charge on any atom is 0 e. The van der Waals surface area contributed by atoms with Gasteiger partial charge in [0.05, 0.1) is 0 Å². The third kappa shape index (κ3) is 90.3. The van der Waals surface area contributed by atoms with Crippen molar-refractivity contribution in [2.45, 2.75) is 0 Å². The van der Waals surface area contributed by atoms with E-state index in [4.69, 9.17) is 19.2 Å². The van der Waals surface area contributed by atoms with Crippen LogP contribution in [0.3, 0.4) is 0 Å². The summed E-state index contributed by atoms with van der Waals surface area (Å²) in [5.74, 6) is 0. The average molecular weight is 404 g/mol. The quantitative estimate of drug-likeness (QED) is 0.285. The zero-order chi connectivity index (χ0) is 4.50. The summed E-state index contributed by atoms with van der Waals surface area (Å²) in [6, 6.07) is 0. The minimum atomic E-state index is -4.64. The van der Waals surface area contributed by atoms with Crippen LogP contribution in [-0.4, -0.2) is 104 Å². The van der Waals surface area contributed by atoms with Gasteiger partial charge in [0.2, 0.25) is 0 Å². The average Bonchev–Trinajstić information content (AvgIpc) is 0.722. The van der Waals surface area contributed by atoms with Crippen LogP contribution in [0.5, 0.6) is 0 Å². The first-order chi connectivity index (χ1) is 2.00. The first-order valence-electron chi connectivity index (χ1n) is 0.783. The van der Waals surface area contributed by atoms with Crippen LogP contribution in [0.2, 0.25) is 0 Å². The van der Waals surface area contributed by atoms with Crippen LogP contribution in [-0.2, 0) is 38.7 Å². The Hall–Kier alpha value is 4.02. The van der Waals surface area contributed by atoms with Crippen molar-refractivity contribution in [2.24, 2.45) is 0 Å². The molecule has 0 fully saturated rings. The monoisotopic (exact) mass is 405 g/mol. The third-order valence-corrected chi connectivity index (χ3v) is 0. The van der Waals surface area contributed by atoms with E-state index in [1.54, 1.807) is 0 Å². The van der Waals surface area contributed by atoms with Crippen molar-refractivity contribution in [3.63, 3.8) is 0 Å². The predicted octanol–water partition coefficient (Wildman–Crippen LogP) is -3.95. The van der Waals surface area contributed by atoms with Crippen molar-refractivity contribution in [2.75, 3.05) is 0 Å². The molecule has 0 spiro atoms. The van der Waals surface area contributed by atoms with E-state index in [1.165, 1.54) is 0 Å². The van der Waals surface area contributed by atoms with Crippen molar-refractivity contribution >= 4 is 97.1 Å². The van der Waals surface area contributed by atoms with E-state index in [0.29, 0.717) is 0 Å². The molecule has 4 nitrogen and oxygen atoms in total. The molecule has 0 rings (SSSR count). The molecule has 0 aliphatic rings. The van der Waals surface area contributed by atoms with Gasteiger partial charge in [-0.15, -0.1) is 0 Å². The van der Waals surface area contributed by atoms with Gasteiger partial charge in [-0.3, -0.25) is 0 Å². The van der Waals surface area contributed by atoms with Gasteiger partial charge in [0.1, 0.15) is 0 Å². The zero-order valence-corrected chi connectivity index (χ0v) is 6.11. The Balaban J connectivity index is -0.00000000800. The summed E-state index contributed by atoms with van der Waals surface area (Å²) in [6.07, 6.45) is 0. The second-order valence-corrected chi connectivity index (χ2v) is 1.54. The summed E-state index contributed by atoms with van der Waals surface area (Å²) < 4.78 is 8.88. The fourth-order valence-corrected chi connectivity index (χ4v) is 0. The van der Waals surface area contributed by atoms with E-state index >= 15 is 0 Å². The van der Waals surface area contributed by atoms with Gasteiger partial charge in [-0.1, -0.05) is 0 Å². The topological polar surface area (TPSA) is 77.8 Å². The smallest absolute Gasteiger partial charge is 0 e. The van der Waals surface area contributed by atoms with Crippen LogP contribution in [0, 0.1) is 0 Å². The Kier molecular flexibility index (Phi) is 69.2. The minimum absolute atomic E-state index is 0. The Bertz CT molecular complexity index is 71.4. The van der Waals surface area contributed by atoms with Crippen molar-refractivity contribution in [1.29, 1.82) is 0 Å². The summed E-state index contributed by atoms with van der Waals surface area (Å²) in [6.45, 7) is 0. The van der Waals surface area contributed by atoms with Gasteiger partial charge in [-0.05, 0) is 0 Å². The molecule has 10 heavy (non-hydrogen) atoms. The van der Waals surface area contributed by atoms with Crippen LogP contribution in [0.15, 0.2) is 0 Å². The number of rotatable bonds is 0. The molecule has 0 saturated heterocycles. The third-order valence-electron chi connectivity index (χ3n) is 0. The van der Waals surface area contributed by atoms with Gasteiger partial charge in [0, 0.05) is 34.1 Å². The predicted molar refractivity (Wildman–Crippen MR) is 41.3 cm³/mol. The summed E-state index contributed by atoms with van der Waals surface area (Å²) in [5.41, 5.74) is 0. The molecule has 0 heterocycles. The largest absolute Gasteiger partial charge is 0.316 e. The number of hydrogen-bond acceptors (Lipinski definition) is 1. The maximum atomic E-state index is 8.88. The molecule has 0 saturated carbocycles. The van der Waals surface area contributed by atoms with E-state index in [9.17, 15) is 0 Å². The van der Waals surface area contributed by atoms with Gasteiger partial charge >= 0.3 is 79.8 Å². The van der Waals surface area contributed by atoms with Crippen LogP contribution in [0.4, 0.5) is 0 Å². The van der Waals surface area contributed by atoms with Crippen molar-refractivity contribution < 1.29 is 53.4 Å². The summed E-state index contributed by atoms with van der Waals surface area (Å²) in [7, 11) is -4.64. The van der Waals surface area contributed by atoms with Gasteiger partial charge in [0.15, 0.2) is 17.4 Å². The van der Waals surface area contributed by atoms with E-state index in [-0.39, 0.29) is 123 Å². The maximum Gasteiger partial charge on any atom is 0.316 e. The number of hydrogen-bond donors (Lipinski definition) is 3. The normalized spacial score (nSPS) is 5.90. The van der Waals surface area contributed by atoms with E-state index in [2.05, 4.69) is 0 Å². The maximum absolute atomic E-state index is 8.88. The molecule has 3 N–H and O–H groups in total. The molecule has 0 aliphatic heterocycles. The van der Waals surface area contributed by atoms with E-state index in [0.717, 1.165) is 0 Å². The summed E-state index contributed by atoms with van der Waals surface area (Å²) in [4.78, 5) is 21.6. The van der Waals surface area contributed by atoms with Gasteiger partial charge in [-0.25, -0.2) is 4.57 Å². The first kappa shape index (κ1) is 37.0. The summed E-state index contributed by atoms with van der Waals surface area (Å²) in [5, 5.41) is 0. The molecule has 0 aromatic heterocycles. The van der Waals surface area contributed by atoms with Gasteiger partial charge < -0.3 is 14.7 Å². The van der Waals surface area contributed by atoms with Gasteiger partial charge in [0.25, 0.3) is 0 Å². The number of phosphoric acid groups is 1. The van der Waals surface area contributed by atoms with E-state index < -0.39 is 7.82 Å². The van der Waals surface area contributed by atoms with Crippen LogP contribution < -0.4 is 0 Å². The molecular weight excluding hydrogens is 394 g/mol. The Morgan fingerprint density at radius 2 is 1.10 bits per heavy atom. The van der Waals surface area contributed by atoms with Crippen LogP contribution in [0.1, 0.15) is 0 Å². The SMILES string of the molecule is O=P(O)(O)O.[AlH3].[BaH2].[Fe].[MgH2].[Mn]. The second kappa shape index (κ2) is 18.7. The second-order valence-electron chi connectivity index (χ2n) is 0.513. The molecule has 0 unspecified atom stereocenters. The standard InChI is InChI=1S/Al.Ba.Fe.Mg.Mn.H3O4P.7H/c;;;;;1-5(2,3)4;;;;;;;/h;;;;;(H3,1,2,3,4);;;;;;;. The van der Waals surface area contributed by atoms with Crippen molar-refractivity contribution in [1.82, 2.24) is 0 Å². The molecule has 0 aromatic carbocycles. The molecule has 0 aromatic rings. The van der Waals surface area contributed by atoms with Crippen molar-refractivity contribution in [3.05, 3.63) is 0 Å². The fraction of sp³-hybridized carbons (Fsp3) is 0. The molecular formula is H10AlBaFeMgMnO4P. The van der Waals surface area contributed by atoms with E-state index in [1.807, 2.05) is 0 Å².